The van der Waals surface area contributed by atoms with Gasteiger partial charge in [-0.1, -0.05) is 28.1 Å². The molecule has 0 fully saturated rings. The predicted molar refractivity (Wildman–Crippen MR) is 61.7 cm³/mol. The third-order valence-electron chi connectivity index (χ3n) is 1.57. The zero-order valence-electron chi connectivity index (χ0n) is 7.16. The van der Waals surface area contributed by atoms with E-state index >= 15 is 0 Å². The first-order valence-electron chi connectivity index (χ1n) is 3.73. The molecule has 0 saturated carbocycles. The topological polar surface area (TPSA) is 17.1 Å². The summed E-state index contributed by atoms with van der Waals surface area (Å²) in [4.78, 5) is 11.3. The summed E-state index contributed by atoms with van der Waals surface area (Å²) in [5.74, 6) is 0. The quantitative estimate of drug-likeness (QED) is 0.610. The van der Waals surface area contributed by atoms with Crippen molar-refractivity contribution < 1.29 is 4.79 Å². The lowest BCUT2D eigenvalue weighted by Crippen LogP contribution is -1.79. The number of aldehydes is 1. The Hall–Kier alpha value is -0.540. The molecule has 0 aliphatic heterocycles. The lowest BCUT2D eigenvalue weighted by molar-refractivity contribution is -0.104. The van der Waals surface area contributed by atoms with Gasteiger partial charge in [0, 0.05) is 9.38 Å². The molecular weight excluding hydrogens is 248 g/mol. The van der Waals surface area contributed by atoms with Crippen molar-refractivity contribution in [2.45, 2.75) is 0 Å². The highest BCUT2D eigenvalue weighted by Crippen LogP contribution is 2.25. The summed E-state index contributed by atoms with van der Waals surface area (Å²) in [5, 5.41) is 0. The summed E-state index contributed by atoms with van der Waals surface area (Å²) >= 11 is 4.93. The highest BCUT2D eigenvalue weighted by atomic mass is 79.9. The third-order valence-corrected chi connectivity index (χ3v) is 2.91. The molecule has 3 heteroatoms. The largest absolute Gasteiger partial charge is 0.299 e. The number of rotatable bonds is 3. The number of thioether (sulfide) groups is 1. The standard InChI is InChI=1S/C10H9BrOS/c1-13-10(6-7-12)8-2-4-9(11)5-3-8/h2-7H,1H3/b10-6+. The van der Waals surface area contributed by atoms with Gasteiger partial charge in [0.25, 0.3) is 0 Å². The molecule has 0 aromatic heterocycles. The second-order valence-corrected chi connectivity index (χ2v) is 4.14. The third kappa shape index (κ3) is 3.01. The summed E-state index contributed by atoms with van der Waals surface area (Å²) in [5.41, 5.74) is 1.07. The molecule has 1 rings (SSSR count). The van der Waals surface area contributed by atoms with Crippen molar-refractivity contribution in [1.29, 1.82) is 0 Å². The van der Waals surface area contributed by atoms with Crippen LogP contribution in [0.4, 0.5) is 0 Å². The lowest BCUT2D eigenvalue weighted by Gasteiger charge is -2.02. The Morgan fingerprint density at radius 1 is 1.38 bits per heavy atom. The van der Waals surface area contributed by atoms with Crippen LogP contribution in [0.3, 0.4) is 0 Å². The first kappa shape index (κ1) is 10.5. The fourth-order valence-electron chi connectivity index (χ4n) is 0.958. The minimum absolute atomic E-state index is 0.813. The maximum Gasteiger partial charge on any atom is 0.143 e. The van der Waals surface area contributed by atoms with Gasteiger partial charge in [0.15, 0.2) is 0 Å². The van der Waals surface area contributed by atoms with E-state index in [4.69, 9.17) is 0 Å². The molecular formula is C10H9BrOS. The molecule has 0 unspecified atom stereocenters. The average molecular weight is 257 g/mol. The van der Waals surface area contributed by atoms with Gasteiger partial charge in [0.1, 0.15) is 6.29 Å². The molecule has 0 atom stereocenters. The zero-order chi connectivity index (χ0) is 9.68. The van der Waals surface area contributed by atoms with E-state index in [0.29, 0.717) is 0 Å². The van der Waals surface area contributed by atoms with Crippen LogP contribution in [0.2, 0.25) is 0 Å². The summed E-state index contributed by atoms with van der Waals surface area (Å²) in [6.07, 6.45) is 4.35. The number of halogens is 1. The van der Waals surface area contributed by atoms with Crippen LogP contribution in [-0.2, 0) is 4.79 Å². The van der Waals surface area contributed by atoms with Crippen molar-refractivity contribution in [3.8, 4) is 0 Å². The Balaban J connectivity index is 2.99. The zero-order valence-corrected chi connectivity index (χ0v) is 9.56. The van der Waals surface area contributed by atoms with Gasteiger partial charge < -0.3 is 0 Å². The second kappa shape index (κ2) is 5.25. The number of allylic oxidation sites excluding steroid dienone is 1. The van der Waals surface area contributed by atoms with Crippen LogP contribution in [0.15, 0.2) is 34.8 Å². The van der Waals surface area contributed by atoms with Gasteiger partial charge in [-0.15, -0.1) is 11.8 Å². The van der Waals surface area contributed by atoms with Crippen LogP contribution in [0.5, 0.6) is 0 Å². The summed E-state index contributed by atoms with van der Waals surface area (Å²) < 4.78 is 1.04. The SMILES string of the molecule is CS/C(=C/C=O)c1ccc(Br)cc1. The molecule has 0 bridgehead atoms. The first-order valence-corrected chi connectivity index (χ1v) is 5.75. The molecule has 0 radical (unpaired) electrons. The Morgan fingerprint density at radius 3 is 2.46 bits per heavy atom. The number of carbonyl (C=O) groups is 1. The van der Waals surface area contributed by atoms with Gasteiger partial charge in [-0.2, -0.15) is 0 Å². The number of benzene rings is 1. The van der Waals surface area contributed by atoms with Gasteiger partial charge in [-0.05, 0) is 30.0 Å². The maximum atomic E-state index is 10.3. The highest BCUT2D eigenvalue weighted by molar-refractivity contribution is 9.10. The number of carbonyl (C=O) groups excluding carboxylic acids is 1. The van der Waals surface area contributed by atoms with Crippen molar-refractivity contribution in [3.63, 3.8) is 0 Å². The highest BCUT2D eigenvalue weighted by Gasteiger charge is 1.98. The van der Waals surface area contributed by atoms with Crippen LogP contribution in [0, 0.1) is 0 Å². The summed E-state index contributed by atoms with van der Waals surface area (Å²) in [7, 11) is 0. The average Bonchev–Trinajstić information content (AvgIpc) is 2.16. The maximum absolute atomic E-state index is 10.3. The van der Waals surface area contributed by atoms with Gasteiger partial charge in [-0.3, -0.25) is 4.79 Å². The van der Waals surface area contributed by atoms with Gasteiger partial charge in [0.05, 0.1) is 0 Å². The van der Waals surface area contributed by atoms with Crippen LogP contribution >= 0.6 is 27.7 Å². The van der Waals surface area contributed by atoms with E-state index in [0.717, 1.165) is 21.2 Å². The molecule has 0 heterocycles. The van der Waals surface area contributed by atoms with Crippen LogP contribution in [0.1, 0.15) is 5.56 Å². The first-order chi connectivity index (χ1) is 6.27. The molecule has 1 aromatic rings. The van der Waals surface area contributed by atoms with E-state index < -0.39 is 0 Å². The van der Waals surface area contributed by atoms with Crippen molar-refractivity contribution in [1.82, 2.24) is 0 Å². The summed E-state index contributed by atoms with van der Waals surface area (Å²) in [6, 6.07) is 7.89. The van der Waals surface area contributed by atoms with E-state index in [9.17, 15) is 4.79 Å². The van der Waals surface area contributed by atoms with E-state index in [1.807, 2.05) is 30.5 Å². The van der Waals surface area contributed by atoms with Crippen LogP contribution in [0.25, 0.3) is 4.91 Å². The van der Waals surface area contributed by atoms with Crippen LogP contribution < -0.4 is 0 Å². The lowest BCUT2D eigenvalue weighted by atomic mass is 10.2. The predicted octanol–water partition coefficient (Wildman–Crippen LogP) is 3.35. The molecule has 0 saturated heterocycles. The molecule has 0 amide bonds. The van der Waals surface area contributed by atoms with Gasteiger partial charge in [-0.25, -0.2) is 0 Å². The van der Waals surface area contributed by atoms with Crippen LogP contribution in [-0.4, -0.2) is 12.5 Å². The smallest absolute Gasteiger partial charge is 0.143 e. The molecule has 13 heavy (non-hydrogen) atoms. The molecule has 0 aliphatic rings. The van der Waals surface area contributed by atoms with Crippen molar-refractivity contribution in [3.05, 3.63) is 40.4 Å². The van der Waals surface area contributed by atoms with E-state index in [1.165, 1.54) is 0 Å². The van der Waals surface area contributed by atoms with Crippen molar-refractivity contribution >= 4 is 38.9 Å². The van der Waals surface area contributed by atoms with Gasteiger partial charge in [0.2, 0.25) is 0 Å². The molecule has 0 spiro atoms. The molecule has 1 nitrogen and oxygen atoms in total. The minimum atomic E-state index is 0.813. The Kier molecular flexibility index (Phi) is 4.25. The summed E-state index contributed by atoms with van der Waals surface area (Å²) in [6.45, 7) is 0. The van der Waals surface area contributed by atoms with E-state index in [1.54, 1.807) is 17.8 Å². The normalized spacial score (nSPS) is 11.4. The number of hydrogen-bond donors (Lipinski definition) is 0. The van der Waals surface area contributed by atoms with Crippen molar-refractivity contribution in [2.75, 3.05) is 6.26 Å². The molecule has 0 N–H and O–H groups in total. The molecule has 1 aromatic carbocycles. The Bertz CT molecular complexity index is 316. The molecule has 0 aliphatic carbocycles. The van der Waals surface area contributed by atoms with E-state index in [2.05, 4.69) is 15.9 Å². The molecule has 68 valence electrons. The second-order valence-electron chi connectivity index (χ2n) is 2.38. The fraction of sp³-hybridized carbons (Fsp3) is 0.100. The van der Waals surface area contributed by atoms with Crippen molar-refractivity contribution in [2.24, 2.45) is 0 Å². The monoisotopic (exact) mass is 256 g/mol. The Labute approximate surface area is 90.4 Å². The number of hydrogen-bond acceptors (Lipinski definition) is 2. The minimum Gasteiger partial charge on any atom is -0.299 e. The van der Waals surface area contributed by atoms with Gasteiger partial charge >= 0.3 is 0 Å². The fourth-order valence-corrected chi connectivity index (χ4v) is 1.79. The Morgan fingerprint density at radius 2 is 2.00 bits per heavy atom. The van der Waals surface area contributed by atoms with E-state index in [-0.39, 0.29) is 0 Å².